The average molecular weight is 463 g/mol. The van der Waals surface area contributed by atoms with E-state index in [9.17, 15) is 9.59 Å². The topological polar surface area (TPSA) is 58.4 Å². The zero-order chi connectivity index (χ0) is 21.3. The molecule has 0 radical (unpaired) electrons. The molecular weight excluding hydrogens is 436 g/mol. The molecule has 1 saturated heterocycles. The minimum Gasteiger partial charge on any atom is -0.339 e. The smallest absolute Gasteiger partial charge is 0.263 e. The first kappa shape index (κ1) is 21.5. The Morgan fingerprint density at radius 3 is 2.60 bits per heavy atom. The normalized spacial score (nSPS) is 16.3. The minimum absolute atomic E-state index is 0.0224. The van der Waals surface area contributed by atoms with Gasteiger partial charge in [0.15, 0.2) is 5.16 Å². The Morgan fingerprint density at radius 1 is 1.20 bits per heavy atom. The van der Waals surface area contributed by atoms with Gasteiger partial charge in [-0.15, -0.1) is 22.7 Å². The molecule has 0 spiro atoms. The molecule has 30 heavy (non-hydrogen) atoms. The van der Waals surface area contributed by atoms with Crippen LogP contribution in [0.1, 0.15) is 20.8 Å². The summed E-state index contributed by atoms with van der Waals surface area (Å²) in [6, 6.07) is 4.02. The molecule has 3 aromatic rings. The predicted octanol–water partition coefficient (Wildman–Crippen LogP) is 3.85. The zero-order valence-corrected chi connectivity index (χ0v) is 19.9. The van der Waals surface area contributed by atoms with Crippen molar-refractivity contribution in [2.45, 2.75) is 37.7 Å². The molecule has 160 valence electrons. The highest BCUT2D eigenvalue weighted by Gasteiger charge is 2.27. The van der Waals surface area contributed by atoms with Gasteiger partial charge in [-0.1, -0.05) is 24.8 Å². The summed E-state index contributed by atoms with van der Waals surface area (Å²) in [6.45, 7) is 10.9. The van der Waals surface area contributed by atoms with Crippen LogP contribution in [0.4, 0.5) is 0 Å². The predicted molar refractivity (Wildman–Crippen MR) is 127 cm³/mol. The highest BCUT2D eigenvalue weighted by Crippen LogP contribution is 2.35. The van der Waals surface area contributed by atoms with Gasteiger partial charge in [-0.3, -0.25) is 14.2 Å². The molecule has 1 amide bonds. The van der Waals surface area contributed by atoms with Crippen LogP contribution in [0.2, 0.25) is 0 Å². The monoisotopic (exact) mass is 462 g/mol. The lowest BCUT2D eigenvalue weighted by molar-refractivity contribution is -0.132. The molecule has 1 atom stereocenters. The quantitative estimate of drug-likeness (QED) is 0.411. The van der Waals surface area contributed by atoms with Crippen LogP contribution in [0.3, 0.4) is 0 Å². The first-order valence-corrected chi connectivity index (χ1v) is 12.9. The lowest BCUT2D eigenvalue weighted by Crippen LogP contribution is -2.50. The highest BCUT2D eigenvalue weighted by molar-refractivity contribution is 8.00. The van der Waals surface area contributed by atoms with Crippen LogP contribution >= 0.6 is 34.4 Å². The maximum absolute atomic E-state index is 13.3. The van der Waals surface area contributed by atoms with Gasteiger partial charge in [-0.2, -0.15) is 0 Å². The number of aromatic nitrogens is 2. The Balaban J connectivity index is 1.60. The number of amides is 1. The van der Waals surface area contributed by atoms with E-state index >= 15 is 0 Å². The van der Waals surface area contributed by atoms with Crippen molar-refractivity contribution in [3.63, 3.8) is 0 Å². The largest absolute Gasteiger partial charge is 0.339 e. The fourth-order valence-corrected chi connectivity index (χ4v) is 6.60. The van der Waals surface area contributed by atoms with Crippen LogP contribution in [0.5, 0.6) is 0 Å². The van der Waals surface area contributed by atoms with Gasteiger partial charge < -0.3 is 9.80 Å². The second kappa shape index (κ2) is 9.21. The van der Waals surface area contributed by atoms with E-state index in [1.54, 1.807) is 15.9 Å². The number of rotatable bonds is 6. The Labute approximate surface area is 188 Å². The number of nitrogens with zero attached hydrogens (tertiary/aromatic N) is 4. The maximum atomic E-state index is 13.3. The number of piperazine rings is 1. The molecular formula is C21H26N4O2S3. The van der Waals surface area contributed by atoms with Gasteiger partial charge in [0.05, 0.1) is 10.6 Å². The number of hydrogen-bond acceptors (Lipinski definition) is 7. The van der Waals surface area contributed by atoms with Crippen molar-refractivity contribution in [2.75, 3.05) is 32.7 Å². The van der Waals surface area contributed by atoms with E-state index < -0.39 is 0 Å². The standard InChI is InChI=1S/C21H26N4O2S3/c1-4-23-8-10-24(11-9-23)19(26)14(3)30-21-22-18-17(20(27)25(21)5-2)15(13-29-18)16-7-6-12-28-16/h6-7,12-14H,4-5,8-11H2,1-3H3/t14-/m1/s1. The molecule has 4 heterocycles. The number of likely N-dealkylation sites (N-methyl/N-ethyl adjacent to an activating group) is 1. The second-order valence-electron chi connectivity index (χ2n) is 7.27. The number of carbonyl (C=O) groups excluding carboxylic acids is 1. The molecule has 0 saturated carbocycles. The van der Waals surface area contributed by atoms with E-state index in [-0.39, 0.29) is 16.7 Å². The lowest BCUT2D eigenvalue weighted by Gasteiger charge is -2.35. The van der Waals surface area contributed by atoms with Crippen LogP contribution < -0.4 is 5.56 Å². The van der Waals surface area contributed by atoms with Gasteiger partial charge in [0.1, 0.15) is 4.83 Å². The molecule has 9 heteroatoms. The molecule has 1 aliphatic heterocycles. The van der Waals surface area contributed by atoms with Gasteiger partial charge in [0.25, 0.3) is 5.56 Å². The Hall–Kier alpha value is -1.68. The first-order chi connectivity index (χ1) is 14.5. The van der Waals surface area contributed by atoms with Crippen LogP contribution in [0, 0.1) is 0 Å². The third kappa shape index (κ3) is 4.08. The summed E-state index contributed by atoms with van der Waals surface area (Å²) in [5.41, 5.74) is 0.935. The molecule has 6 nitrogen and oxygen atoms in total. The van der Waals surface area contributed by atoms with Gasteiger partial charge in [0, 0.05) is 48.5 Å². The summed E-state index contributed by atoms with van der Waals surface area (Å²) in [5.74, 6) is 0.123. The Bertz CT molecular complexity index is 1080. The van der Waals surface area contributed by atoms with E-state index in [2.05, 4.69) is 11.8 Å². The van der Waals surface area contributed by atoms with Crippen LogP contribution in [0.15, 0.2) is 32.8 Å². The number of thioether (sulfide) groups is 1. The summed E-state index contributed by atoms with van der Waals surface area (Å²) in [4.78, 5) is 37.2. The van der Waals surface area contributed by atoms with Crippen molar-refractivity contribution in [3.05, 3.63) is 33.2 Å². The van der Waals surface area contributed by atoms with Gasteiger partial charge in [-0.05, 0) is 31.8 Å². The molecule has 0 aromatic carbocycles. The highest BCUT2D eigenvalue weighted by atomic mass is 32.2. The summed E-state index contributed by atoms with van der Waals surface area (Å²) >= 11 is 4.51. The SMILES string of the molecule is CCN1CCN(C(=O)[C@@H](C)Sc2nc3scc(-c4cccs4)c3c(=O)n2CC)CC1. The molecule has 1 aliphatic rings. The Kier molecular flexibility index (Phi) is 6.62. The molecule has 4 rings (SSSR count). The first-order valence-electron chi connectivity index (χ1n) is 10.3. The van der Waals surface area contributed by atoms with Crippen LogP contribution in [0.25, 0.3) is 20.7 Å². The third-order valence-corrected chi connectivity index (χ3v) is 8.38. The van der Waals surface area contributed by atoms with Gasteiger partial charge >= 0.3 is 0 Å². The van der Waals surface area contributed by atoms with E-state index in [4.69, 9.17) is 4.98 Å². The summed E-state index contributed by atoms with van der Waals surface area (Å²) in [5, 5.41) is 5.06. The van der Waals surface area contributed by atoms with E-state index in [1.807, 2.05) is 41.6 Å². The summed E-state index contributed by atoms with van der Waals surface area (Å²) < 4.78 is 1.70. The van der Waals surface area contributed by atoms with Crippen molar-refractivity contribution in [1.82, 2.24) is 19.4 Å². The number of fused-ring (bicyclic) bond motifs is 1. The summed E-state index contributed by atoms with van der Waals surface area (Å²) in [6.07, 6.45) is 0. The van der Waals surface area contributed by atoms with Crippen molar-refractivity contribution in [1.29, 1.82) is 0 Å². The number of thiophene rings is 2. The van der Waals surface area contributed by atoms with Crippen molar-refractivity contribution in [3.8, 4) is 10.4 Å². The Morgan fingerprint density at radius 2 is 1.97 bits per heavy atom. The van der Waals surface area contributed by atoms with Crippen LogP contribution in [-0.4, -0.2) is 63.2 Å². The number of hydrogen-bond donors (Lipinski definition) is 0. The van der Waals surface area contributed by atoms with E-state index in [1.165, 1.54) is 23.1 Å². The van der Waals surface area contributed by atoms with Gasteiger partial charge in [-0.25, -0.2) is 4.98 Å². The minimum atomic E-state index is -0.281. The molecule has 0 N–H and O–H groups in total. The van der Waals surface area contributed by atoms with Gasteiger partial charge in [0.2, 0.25) is 5.91 Å². The summed E-state index contributed by atoms with van der Waals surface area (Å²) in [7, 11) is 0. The molecule has 0 unspecified atom stereocenters. The van der Waals surface area contributed by atoms with Crippen molar-refractivity contribution < 1.29 is 4.79 Å². The van der Waals surface area contributed by atoms with E-state index in [0.29, 0.717) is 17.1 Å². The fourth-order valence-electron chi connectivity index (χ4n) is 3.74. The average Bonchev–Trinajstić information content (AvgIpc) is 3.43. The lowest BCUT2D eigenvalue weighted by atomic mass is 10.2. The number of carbonyl (C=O) groups is 1. The van der Waals surface area contributed by atoms with Crippen LogP contribution in [-0.2, 0) is 11.3 Å². The fraction of sp³-hybridized carbons (Fsp3) is 0.476. The molecule has 3 aromatic heterocycles. The second-order valence-corrected chi connectivity index (χ2v) is 10.4. The molecule has 1 fully saturated rings. The van der Waals surface area contributed by atoms with E-state index in [0.717, 1.165) is 48.0 Å². The molecule has 0 aliphatic carbocycles. The zero-order valence-electron chi connectivity index (χ0n) is 17.5. The third-order valence-electron chi connectivity index (χ3n) is 5.52. The van der Waals surface area contributed by atoms with Crippen molar-refractivity contribution >= 4 is 50.6 Å². The maximum Gasteiger partial charge on any atom is 0.263 e. The molecule has 0 bridgehead atoms. The van der Waals surface area contributed by atoms with Crippen molar-refractivity contribution in [2.24, 2.45) is 0 Å².